The predicted molar refractivity (Wildman–Crippen MR) is 120 cm³/mol. The Morgan fingerprint density at radius 3 is 3.03 bits per heavy atom. The molecular weight excluding hydrogens is 412 g/mol. The summed E-state index contributed by atoms with van der Waals surface area (Å²) < 4.78 is 11.3. The maximum Gasteiger partial charge on any atom is 0.241 e. The summed E-state index contributed by atoms with van der Waals surface area (Å²) in [4.78, 5) is 20.5. The Labute approximate surface area is 186 Å². The van der Waals surface area contributed by atoms with E-state index in [1.54, 1.807) is 11.3 Å². The molecule has 164 valence electrons. The van der Waals surface area contributed by atoms with Gasteiger partial charge in [-0.1, -0.05) is 29.4 Å². The summed E-state index contributed by atoms with van der Waals surface area (Å²) in [6.07, 6.45) is 1.86. The van der Waals surface area contributed by atoms with E-state index in [2.05, 4.69) is 20.4 Å². The molecule has 3 heterocycles. The van der Waals surface area contributed by atoms with Crippen LogP contribution in [0, 0.1) is 12.8 Å². The normalized spacial score (nSPS) is 17.9. The third-order valence-electron chi connectivity index (χ3n) is 5.42. The van der Waals surface area contributed by atoms with Crippen LogP contribution in [0.4, 0.5) is 0 Å². The number of nitrogens with one attached hydrogen (secondary N) is 1. The number of likely N-dealkylation sites (tertiary alicyclic amines) is 1. The van der Waals surface area contributed by atoms with Gasteiger partial charge in [0.1, 0.15) is 12.4 Å². The van der Waals surface area contributed by atoms with Crippen LogP contribution in [-0.4, -0.2) is 46.7 Å². The summed E-state index contributed by atoms with van der Waals surface area (Å²) in [5.74, 6) is 2.10. The van der Waals surface area contributed by atoms with Gasteiger partial charge in [-0.25, -0.2) is 0 Å². The van der Waals surface area contributed by atoms with E-state index in [4.69, 9.17) is 9.26 Å². The van der Waals surface area contributed by atoms with Crippen molar-refractivity contribution in [2.24, 2.45) is 5.92 Å². The average molecular weight is 441 g/mol. The molecule has 0 radical (unpaired) electrons. The van der Waals surface area contributed by atoms with Gasteiger partial charge in [-0.3, -0.25) is 9.69 Å². The van der Waals surface area contributed by atoms with Crippen molar-refractivity contribution < 1.29 is 14.1 Å². The highest BCUT2D eigenvalue weighted by Gasteiger charge is 2.27. The predicted octanol–water partition coefficient (Wildman–Crippen LogP) is 3.90. The number of aryl methyl sites for hydroxylation is 1. The van der Waals surface area contributed by atoms with Gasteiger partial charge in [-0.05, 0) is 56.3 Å². The quantitative estimate of drug-likeness (QED) is 0.572. The van der Waals surface area contributed by atoms with Crippen molar-refractivity contribution in [3.8, 4) is 16.5 Å². The Morgan fingerprint density at radius 2 is 2.23 bits per heavy atom. The van der Waals surface area contributed by atoms with Gasteiger partial charge in [0.2, 0.25) is 17.6 Å². The topological polar surface area (TPSA) is 80.5 Å². The number of thiophene rings is 1. The fourth-order valence-corrected chi connectivity index (χ4v) is 4.41. The second-order valence-corrected chi connectivity index (χ2v) is 9.00. The number of ether oxygens (including phenoxy) is 1. The molecule has 0 saturated carbocycles. The number of aromatic nitrogens is 2. The van der Waals surface area contributed by atoms with Crippen LogP contribution in [-0.2, 0) is 11.3 Å². The summed E-state index contributed by atoms with van der Waals surface area (Å²) >= 11 is 1.59. The fourth-order valence-electron chi connectivity index (χ4n) is 3.76. The van der Waals surface area contributed by atoms with Crippen LogP contribution in [0.25, 0.3) is 10.7 Å². The number of carbonyl (C=O) groups excluding carboxylic acids is 1. The third kappa shape index (κ3) is 5.71. The number of piperidine rings is 1. The third-order valence-corrected chi connectivity index (χ3v) is 6.28. The minimum atomic E-state index is -0.0632. The lowest BCUT2D eigenvalue weighted by Crippen LogP contribution is -2.46. The van der Waals surface area contributed by atoms with E-state index in [1.165, 1.54) is 0 Å². The molecular formula is C23H28N4O3S. The van der Waals surface area contributed by atoms with Crippen molar-refractivity contribution in [1.29, 1.82) is 0 Å². The molecule has 1 N–H and O–H groups in total. The Balaban J connectivity index is 1.26. The molecule has 1 amide bonds. The number of amides is 1. The highest BCUT2D eigenvalue weighted by atomic mass is 32.1. The first-order chi connectivity index (χ1) is 15.1. The van der Waals surface area contributed by atoms with Gasteiger partial charge < -0.3 is 14.6 Å². The number of benzene rings is 1. The molecule has 0 bridgehead atoms. The Hall–Kier alpha value is -2.71. The van der Waals surface area contributed by atoms with Gasteiger partial charge >= 0.3 is 0 Å². The molecule has 3 aromatic rings. The van der Waals surface area contributed by atoms with Crippen LogP contribution in [0.3, 0.4) is 0 Å². The number of carbonyl (C=O) groups is 1. The molecule has 1 fully saturated rings. The lowest BCUT2D eigenvalue weighted by atomic mass is 9.97. The first kappa shape index (κ1) is 21.5. The molecule has 0 spiro atoms. The zero-order valence-corrected chi connectivity index (χ0v) is 18.7. The van der Waals surface area contributed by atoms with Crippen molar-refractivity contribution in [3.05, 3.63) is 53.2 Å². The van der Waals surface area contributed by atoms with Crippen molar-refractivity contribution in [1.82, 2.24) is 20.4 Å². The molecule has 2 aromatic heterocycles. The zero-order chi connectivity index (χ0) is 21.6. The van der Waals surface area contributed by atoms with Crippen LogP contribution >= 0.6 is 11.3 Å². The van der Waals surface area contributed by atoms with E-state index < -0.39 is 0 Å². The first-order valence-corrected chi connectivity index (χ1v) is 11.5. The van der Waals surface area contributed by atoms with Gasteiger partial charge in [0, 0.05) is 6.54 Å². The molecule has 1 aliphatic rings. The number of hydrogen-bond donors (Lipinski definition) is 1. The number of para-hydroxylation sites is 1. The van der Waals surface area contributed by atoms with Crippen molar-refractivity contribution in [2.45, 2.75) is 39.3 Å². The number of rotatable bonds is 8. The molecule has 4 rings (SSSR count). The molecule has 1 aliphatic heterocycles. The van der Waals surface area contributed by atoms with Crippen LogP contribution in [0.1, 0.15) is 31.2 Å². The zero-order valence-electron chi connectivity index (χ0n) is 17.9. The Kier molecular flexibility index (Phi) is 6.99. The number of nitrogens with zero attached hydrogens (tertiary/aromatic N) is 3. The largest absolute Gasteiger partial charge is 0.491 e. The summed E-state index contributed by atoms with van der Waals surface area (Å²) in [5.41, 5.74) is 1.09. The van der Waals surface area contributed by atoms with Gasteiger partial charge in [0.15, 0.2) is 0 Å². The van der Waals surface area contributed by atoms with E-state index >= 15 is 0 Å². The molecule has 1 aromatic carbocycles. The highest BCUT2D eigenvalue weighted by Crippen LogP contribution is 2.23. The van der Waals surface area contributed by atoms with Crippen LogP contribution in [0.5, 0.6) is 5.75 Å². The summed E-state index contributed by atoms with van der Waals surface area (Å²) in [6.45, 7) is 6.61. The van der Waals surface area contributed by atoms with Crippen LogP contribution < -0.4 is 10.1 Å². The summed E-state index contributed by atoms with van der Waals surface area (Å²) in [7, 11) is 0. The van der Waals surface area contributed by atoms with Crippen molar-refractivity contribution in [3.63, 3.8) is 0 Å². The maximum atomic E-state index is 12.8. The molecule has 1 saturated heterocycles. The van der Waals surface area contributed by atoms with E-state index in [1.807, 2.05) is 55.6 Å². The Morgan fingerprint density at radius 1 is 1.35 bits per heavy atom. The van der Waals surface area contributed by atoms with Crippen LogP contribution in [0.15, 0.2) is 46.3 Å². The molecule has 7 nitrogen and oxygen atoms in total. The number of hydrogen-bond acceptors (Lipinski definition) is 7. The minimum Gasteiger partial charge on any atom is -0.491 e. The van der Waals surface area contributed by atoms with E-state index in [-0.39, 0.29) is 17.9 Å². The molecule has 0 aliphatic carbocycles. The SMILES string of the molecule is Cc1ccccc1OCC(C)NC(=O)C1CCCN(Cc2nc(-c3cccs3)no2)C1. The molecule has 2 atom stereocenters. The van der Waals surface area contributed by atoms with E-state index in [0.29, 0.717) is 31.4 Å². The first-order valence-electron chi connectivity index (χ1n) is 10.7. The van der Waals surface area contributed by atoms with Crippen LogP contribution in [0.2, 0.25) is 0 Å². The average Bonchev–Trinajstić information content (AvgIpc) is 3.45. The summed E-state index contributed by atoms with van der Waals surface area (Å²) in [5, 5.41) is 9.17. The monoisotopic (exact) mass is 440 g/mol. The second kappa shape index (κ2) is 10.1. The van der Waals surface area contributed by atoms with E-state index in [0.717, 1.165) is 35.6 Å². The van der Waals surface area contributed by atoms with E-state index in [9.17, 15) is 4.79 Å². The van der Waals surface area contributed by atoms with Gasteiger partial charge in [-0.2, -0.15) is 4.98 Å². The lowest BCUT2D eigenvalue weighted by molar-refractivity contribution is -0.127. The van der Waals surface area contributed by atoms with Crippen molar-refractivity contribution in [2.75, 3.05) is 19.7 Å². The molecule has 31 heavy (non-hydrogen) atoms. The van der Waals surface area contributed by atoms with Gasteiger partial charge in [0.25, 0.3) is 0 Å². The van der Waals surface area contributed by atoms with Crippen molar-refractivity contribution >= 4 is 17.2 Å². The molecule has 2 unspecified atom stereocenters. The van der Waals surface area contributed by atoms with Gasteiger partial charge in [0.05, 0.1) is 23.4 Å². The second-order valence-electron chi connectivity index (χ2n) is 8.05. The fraction of sp³-hybridized carbons (Fsp3) is 0.435. The summed E-state index contributed by atoms with van der Waals surface area (Å²) in [6, 6.07) is 11.8. The smallest absolute Gasteiger partial charge is 0.241 e. The lowest BCUT2D eigenvalue weighted by Gasteiger charge is -2.31. The molecule has 8 heteroatoms. The highest BCUT2D eigenvalue weighted by molar-refractivity contribution is 7.13. The van der Waals surface area contributed by atoms with Gasteiger partial charge in [-0.15, -0.1) is 11.3 Å². The maximum absolute atomic E-state index is 12.8. The Bertz CT molecular complexity index is 988. The standard InChI is InChI=1S/C23H28N4O3S/c1-16-7-3-4-9-19(16)29-15-17(2)24-23(28)18-8-5-11-27(13-18)14-21-25-22(26-30-21)20-10-6-12-31-20/h3-4,6-7,9-10,12,17-18H,5,8,11,13-15H2,1-2H3,(H,24,28). The minimum absolute atomic E-state index is 0.0469.